The molecule has 0 heterocycles. The highest BCUT2D eigenvalue weighted by atomic mass is 16.2. The van der Waals surface area contributed by atoms with Gasteiger partial charge in [-0.2, -0.15) is 0 Å². The summed E-state index contributed by atoms with van der Waals surface area (Å²) >= 11 is 0. The van der Waals surface area contributed by atoms with Crippen LogP contribution in [-0.4, -0.2) is 46.4 Å². The molecule has 0 fully saturated rings. The van der Waals surface area contributed by atoms with Crippen LogP contribution in [-0.2, 0) is 9.59 Å². The van der Waals surface area contributed by atoms with Crippen molar-refractivity contribution in [2.45, 2.75) is 66.6 Å². The highest BCUT2D eigenvalue weighted by Crippen LogP contribution is 2.12. The van der Waals surface area contributed by atoms with Crippen molar-refractivity contribution in [3.63, 3.8) is 0 Å². The molecule has 27 heavy (non-hydrogen) atoms. The molecule has 0 radical (unpaired) electrons. The molecule has 0 aliphatic rings. The Morgan fingerprint density at radius 2 is 1.15 bits per heavy atom. The predicted octanol–water partition coefficient (Wildman–Crippen LogP) is 2.86. The first kappa shape index (κ1) is 22.5. The topological polar surface area (TPSA) is 83.5 Å². The van der Waals surface area contributed by atoms with Gasteiger partial charge in [-0.25, -0.2) is 0 Å². The zero-order chi connectivity index (χ0) is 20.9. The van der Waals surface area contributed by atoms with Gasteiger partial charge >= 0.3 is 0 Å². The van der Waals surface area contributed by atoms with Gasteiger partial charge in [0.2, 0.25) is 11.6 Å². The number of nitrogens with zero attached hydrogens (tertiary/aromatic N) is 1. The van der Waals surface area contributed by atoms with E-state index in [2.05, 4.69) is 5.32 Å². The van der Waals surface area contributed by atoms with Gasteiger partial charge in [-0.3, -0.25) is 19.2 Å². The van der Waals surface area contributed by atoms with Crippen molar-refractivity contribution in [2.24, 2.45) is 5.92 Å². The number of hydrogen-bond donors (Lipinski definition) is 1. The van der Waals surface area contributed by atoms with Gasteiger partial charge < -0.3 is 10.2 Å². The molecule has 0 unspecified atom stereocenters. The first-order valence-electron chi connectivity index (χ1n) is 9.29. The Bertz CT molecular complexity index is 697. The normalized spacial score (nSPS) is 12.2. The summed E-state index contributed by atoms with van der Waals surface area (Å²) in [5.41, 5.74) is 0.371. The number of carbonyl (C=O) groups excluding carboxylic acids is 4. The molecule has 1 aromatic rings. The Morgan fingerprint density at radius 1 is 0.741 bits per heavy atom. The van der Waals surface area contributed by atoms with E-state index in [0.29, 0.717) is 0 Å². The van der Waals surface area contributed by atoms with Gasteiger partial charge in [-0.05, 0) is 40.5 Å². The summed E-state index contributed by atoms with van der Waals surface area (Å²) in [6.45, 7) is 13.1. The van der Waals surface area contributed by atoms with Crippen LogP contribution in [0.3, 0.4) is 0 Å². The zero-order valence-electron chi connectivity index (χ0n) is 17.2. The Balaban J connectivity index is 2.92. The molecule has 0 saturated heterocycles. The van der Waals surface area contributed by atoms with Crippen LogP contribution in [0.25, 0.3) is 0 Å². The first-order chi connectivity index (χ1) is 12.5. The van der Waals surface area contributed by atoms with E-state index < -0.39 is 23.4 Å². The SMILES string of the molecule is CC(C)[C@@H](C)NC(=O)C(=O)c1ccc(C(=O)C(=O)N(C(C)C)C(C)C)cc1. The highest BCUT2D eigenvalue weighted by Gasteiger charge is 2.27. The Labute approximate surface area is 161 Å². The minimum Gasteiger partial charge on any atom is -0.346 e. The summed E-state index contributed by atoms with van der Waals surface area (Å²) in [5.74, 6) is -2.36. The Hall–Kier alpha value is -2.50. The number of nitrogens with one attached hydrogen (secondary N) is 1. The molecule has 2 amide bonds. The molecule has 0 saturated carbocycles. The third kappa shape index (κ3) is 5.74. The maximum absolute atomic E-state index is 12.5. The molecule has 0 aliphatic carbocycles. The predicted molar refractivity (Wildman–Crippen MR) is 105 cm³/mol. The lowest BCUT2D eigenvalue weighted by Gasteiger charge is -2.30. The number of rotatable bonds is 8. The van der Waals surface area contributed by atoms with Crippen LogP contribution in [0.2, 0.25) is 0 Å². The van der Waals surface area contributed by atoms with Crippen LogP contribution in [0.1, 0.15) is 69.2 Å². The fourth-order valence-corrected chi connectivity index (χ4v) is 2.65. The van der Waals surface area contributed by atoms with Gasteiger partial charge in [0.05, 0.1) is 0 Å². The summed E-state index contributed by atoms with van der Waals surface area (Å²) in [6.07, 6.45) is 0. The third-order valence-electron chi connectivity index (χ3n) is 4.52. The summed E-state index contributed by atoms with van der Waals surface area (Å²) in [4.78, 5) is 50.7. The summed E-state index contributed by atoms with van der Waals surface area (Å²) in [5, 5.41) is 2.66. The van der Waals surface area contributed by atoms with Crippen LogP contribution in [0.15, 0.2) is 24.3 Å². The lowest BCUT2D eigenvalue weighted by molar-refractivity contribution is -0.129. The van der Waals surface area contributed by atoms with E-state index in [1.807, 2.05) is 48.5 Å². The molecule has 0 aliphatic heterocycles. The molecule has 6 heteroatoms. The van der Waals surface area contributed by atoms with Crippen molar-refractivity contribution in [3.05, 3.63) is 35.4 Å². The standard InChI is InChI=1S/C21H30N2O4/c1-12(2)15(7)22-20(26)18(24)16-8-10-17(11-9-16)19(25)21(27)23(13(3)4)14(5)6/h8-15H,1-7H3,(H,22,26)/t15-/m1/s1. The van der Waals surface area contributed by atoms with Gasteiger partial charge in [0.1, 0.15) is 0 Å². The Kier molecular flexibility index (Phi) is 7.88. The van der Waals surface area contributed by atoms with Crippen LogP contribution >= 0.6 is 0 Å². The number of Topliss-reactive ketones (excluding diaryl/α,β-unsaturated/α-hetero) is 2. The molecule has 148 valence electrons. The van der Waals surface area contributed by atoms with E-state index in [4.69, 9.17) is 0 Å². The van der Waals surface area contributed by atoms with Gasteiger partial charge in [0.25, 0.3) is 11.8 Å². The molecule has 0 bridgehead atoms. The van der Waals surface area contributed by atoms with Crippen molar-refractivity contribution < 1.29 is 19.2 Å². The van der Waals surface area contributed by atoms with Crippen molar-refractivity contribution in [1.82, 2.24) is 10.2 Å². The smallest absolute Gasteiger partial charge is 0.295 e. The van der Waals surface area contributed by atoms with E-state index >= 15 is 0 Å². The minimum absolute atomic E-state index is 0.103. The first-order valence-corrected chi connectivity index (χ1v) is 9.29. The number of hydrogen-bond acceptors (Lipinski definition) is 4. The van der Waals surface area contributed by atoms with E-state index in [9.17, 15) is 19.2 Å². The molecule has 1 atom stereocenters. The van der Waals surface area contributed by atoms with Crippen LogP contribution in [0, 0.1) is 5.92 Å². The zero-order valence-corrected chi connectivity index (χ0v) is 17.2. The van der Waals surface area contributed by atoms with Crippen molar-refractivity contribution in [1.29, 1.82) is 0 Å². The fourth-order valence-electron chi connectivity index (χ4n) is 2.65. The van der Waals surface area contributed by atoms with Gasteiger partial charge in [0, 0.05) is 29.3 Å². The van der Waals surface area contributed by atoms with Crippen molar-refractivity contribution >= 4 is 23.4 Å². The number of benzene rings is 1. The molecule has 1 rings (SSSR count). The van der Waals surface area contributed by atoms with Gasteiger partial charge in [-0.15, -0.1) is 0 Å². The lowest BCUT2D eigenvalue weighted by Crippen LogP contribution is -2.45. The molecule has 0 aromatic heterocycles. The molecule has 0 spiro atoms. The second-order valence-corrected chi connectivity index (χ2v) is 7.64. The third-order valence-corrected chi connectivity index (χ3v) is 4.52. The van der Waals surface area contributed by atoms with E-state index in [1.165, 1.54) is 29.2 Å². The molecular weight excluding hydrogens is 344 g/mol. The second kappa shape index (κ2) is 9.44. The Morgan fingerprint density at radius 3 is 1.52 bits per heavy atom. The lowest BCUT2D eigenvalue weighted by atomic mass is 10.0. The molecular formula is C21H30N2O4. The van der Waals surface area contributed by atoms with Gasteiger partial charge in [-0.1, -0.05) is 38.1 Å². The van der Waals surface area contributed by atoms with E-state index in [0.717, 1.165) is 0 Å². The highest BCUT2D eigenvalue weighted by molar-refractivity contribution is 6.44. The number of carbonyl (C=O) groups is 4. The maximum Gasteiger partial charge on any atom is 0.295 e. The van der Waals surface area contributed by atoms with Crippen LogP contribution in [0.4, 0.5) is 0 Å². The maximum atomic E-state index is 12.5. The summed E-state index contributed by atoms with van der Waals surface area (Å²) < 4.78 is 0. The largest absolute Gasteiger partial charge is 0.346 e. The van der Waals surface area contributed by atoms with Crippen LogP contribution in [0.5, 0.6) is 0 Å². The van der Waals surface area contributed by atoms with Crippen molar-refractivity contribution in [3.8, 4) is 0 Å². The number of ketones is 2. The fraction of sp³-hybridized carbons (Fsp3) is 0.524. The summed E-state index contributed by atoms with van der Waals surface area (Å²) in [7, 11) is 0. The number of amides is 2. The van der Waals surface area contributed by atoms with Crippen molar-refractivity contribution in [2.75, 3.05) is 0 Å². The van der Waals surface area contributed by atoms with E-state index in [1.54, 1.807) is 0 Å². The summed E-state index contributed by atoms with van der Waals surface area (Å²) in [6, 6.07) is 5.28. The van der Waals surface area contributed by atoms with Crippen LogP contribution < -0.4 is 5.32 Å². The average molecular weight is 374 g/mol. The molecule has 6 nitrogen and oxygen atoms in total. The quantitative estimate of drug-likeness (QED) is 0.560. The minimum atomic E-state index is -0.683. The molecule has 1 aromatic carbocycles. The monoisotopic (exact) mass is 374 g/mol. The van der Waals surface area contributed by atoms with Gasteiger partial charge in [0.15, 0.2) is 0 Å². The average Bonchev–Trinajstić information content (AvgIpc) is 2.59. The van der Waals surface area contributed by atoms with E-state index in [-0.39, 0.29) is 35.2 Å². The second-order valence-electron chi connectivity index (χ2n) is 7.64. The molecule has 1 N–H and O–H groups in total.